The summed E-state index contributed by atoms with van der Waals surface area (Å²) in [5, 5.41) is 2.51. The van der Waals surface area contributed by atoms with Crippen LogP contribution in [-0.2, 0) is 4.79 Å². The number of hydrazine groups is 1. The molecule has 0 radical (unpaired) electrons. The summed E-state index contributed by atoms with van der Waals surface area (Å²) in [7, 11) is 0. The van der Waals surface area contributed by atoms with Crippen LogP contribution in [0.2, 0.25) is 0 Å². The molecule has 0 aliphatic heterocycles. The molecule has 0 fully saturated rings. The Bertz CT molecular complexity index is 326. The van der Waals surface area contributed by atoms with Crippen LogP contribution in [0.4, 0.5) is 10.5 Å². The molecule has 0 aliphatic carbocycles. The average molecular weight is 258 g/mol. The molecule has 0 aromatic heterocycles. The van der Waals surface area contributed by atoms with Gasteiger partial charge in [0, 0.05) is 10.2 Å². The Labute approximate surface area is 89.0 Å². The highest BCUT2D eigenvalue weighted by atomic mass is 79.9. The van der Waals surface area contributed by atoms with Crippen LogP contribution in [0.15, 0.2) is 28.7 Å². The third-order valence-corrected chi connectivity index (χ3v) is 1.88. The molecular weight excluding hydrogens is 250 g/mol. The fourth-order valence-electron chi connectivity index (χ4n) is 0.791. The fraction of sp³-hybridized carbons (Fsp3) is 0. The second-order valence-electron chi connectivity index (χ2n) is 2.35. The van der Waals surface area contributed by atoms with Crippen molar-refractivity contribution in [2.75, 3.05) is 5.32 Å². The van der Waals surface area contributed by atoms with E-state index in [-0.39, 0.29) is 0 Å². The van der Waals surface area contributed by atoms with E-state index in [1.54, 1.807) is 24.3 Å². The van der Waals surface area contributed by atoms with Gasteiger partial charge in [0.15, 0.2) is 0 Å². The third-order valence-electron chi connectivity index (χ3n) is 1.35. The summed E-state index contributed by atoms with van der Waals surface area (Å²) in [5.41, 5.74) is 4.78. The van der Waals surface area contributed by atoms with Gasteiger partial charge < -0.3 is 5.32 Å². The highest BCUT2D eigenvalue weighted by Crippen LogP contribution is 2.13. The van der Waals surface area contributed by atoms with E-state index in [1.165, 1.54) is 0 Å². The maximum atomic E-state index is 11.0. The summed E-state index contributed by atoms with van der Waals surface area (Å²) in [6.07, 6.45) is 0.376. The van der Waals surface area contributed by atoms with Gasteiger partial charge in [-0.3, -0.25) is 10.2 Å². The smallest absolute Gasteiger partial charge is 0.307 e. The van der Waals surface area contributed by atoms with Crippen molar-refractivity contribution >= 4 is 34.1 Å². The minimum atomic E-state index is -0.501. The zero-order valence-electron chi connectivity index (χ0n) is 7.08. The molecule has 74 valence electrons. The molecule has 0 heterocycles. The standard InChI is InChI=1S/C8H8BrN3O2/c9-6-1-3-7(4-2-6)11-8(14)12-10-5-13/h1-5H,(H,10,13)(H2,11,12,14). The van der Waals surface area contributed by atoms with Crippen molar-refractivity contribution < 1.29 is 9.59 Å². The number of halogens is 1. The number of rotatable bonds is 3. The minimum absolute atomic E-state index is 0.376. The van der Waals surface area contributed by atoms with Crippen LogP contribution < -0.4 is 16.2 Å². The maximum absolute atomic E-state index is 11.0. The molecule has 0 saturated heterocycles. The zero-order chi connectivity index (χ0) is 10.4. The first-order valence-electron chi connectivity index (χ1n) is 3.74. The summed E-state index contributed by atoms with van der Waals surface area (Å²) in [6.45, 7) is 0. The van der Waals surface area contributed by atoms with Crippen LogP contribution in [0.1, 0.15) is 0 Å². The monoisotopic (exact) mass is 257 g/mol. The van der Waals surface area contributed by atoms with Crippen LogP contribution in [0.3, 0.4) is 0 Å². The Morgan fingerprint density at radius 3 is 2.50 bits per heavy atom. The van der Waals surface area contributed by atoms with Crippen molar-refractivity contribution in [1.82, 2.24) is 10.9 Å². The predicted molar refractivity (Wildman–Crippen MR) is 55.5 cm³/mol. The van der Waals surface area contributed by atoms with E-state index in [0.717, 1.165) is 4.47 Å². The van der Waals surface area contributed by atoms with E-state index in [9.17, 15) is 9.59 Å². The van der Waals surface area contributed by atoms with E-state index < -0.39 is 6.03 Å². The summed E-state index contributed by atoms with van der Waals surface area (Å²) < 4.78 is 0.925. The van der Waals surface area contributed by atoms with Gasteiger partial charge in [0.25, 0.3) is 0 Å². The molecule has 0 bridgehead atoms. The molecule has 3 N–H and O–H groups in total. The largest absolute Gasteiger partial charge is 0.337 e. The number of nitrogens with one attached hydrogen (secondary N) is 3. The normalized spacial score (nSPS) is 8.93. The van der Waals surface area contributed by atoms with Gasteiger partial charge >= 0.3 is 6.03 Å². The zero-order valence-corrected chi connectivity index (χ0v) is 8.67. The number of hydrogen-bond acceptors (Lipinski definition) is 2. The van der Waals surface area contributed by atoms with Gasteiger partial charge in [-0.15, -0.1) is 0 Å². The molecule has 3 amide bonds. The van der Waals surface area contributed by atoms with Crippen LogP contribution >= 0.6 is 15.9 Å². The molecule has 14 heavy (non-hydrogen) atoms. The molecule has 0 saturated carbocycles. The first-order valence-corrected chi connectivity index (χ1v) is 4.53. The third kappa shape index (κ3) is 3.44. The first-order chi connectivity index (χ1) is 6.72. The van der Waals surface area contributed by atoms with E-state index >= 15 is 0 Å². The number of urea groups is 1. The lowest BCUT2D eigenvalue weighted by molar-refractivity contribution is -0.110. The molecule has 0 spiro atoms. The van der Waals surface area contributed by atoms with Gasteiger partial charge in [0.2, 0.25) is 6.41 Å². The number of anilines is 1. The van der Waals surface area contributed by atoms with Crippen LogP contribution in [0, 0.1) is 0 Å². The lowest BCUT2D eigenvalue weighted by Gasteiger charge is -2.05. The molecule has 0 aliphatic rings. The van der Waals surface area contributed by atoms with Crippen molar-refractivity contribution in [3.05, 3.63) is 28.7 Å². The number of amides is 3. The van der Waals surface area contributed by atoms with Crippen molar-refractivity contribution in [3.63, 3.8) is 0 Å². The lowest BCUT2D eigenvalue weighted by atomic mass is 10.3. The SMILES string of the molecule is O=CNNC(=O)Nc1ccc(Br)cc1. The van der Waals surface area contributed by atoms with Crippen molar-refractivity contribution in [2.45, 2.75) is 0 Å². The van der Waals surface area contributed by atoms with Gasteiger partial charge in [-0.05, 0) is 24.3 Å². The Balaban J connectivity index is 2.47. The molecule has 1 rings (SSSR count). The molecule has 6 heteroatoms. The number of benzene rings is 1. The van der Waals surface area contributed by atoms with Crippen molar-refractivity contribution in [3.8, 4) is 0 Å². The molecule has 0 atom stereocenters. The second-order valence-corrected chi connectivity index (χ2v) is 3.26. The minimum Gasteiger partial charge on any atom is -0.307 e. The van der Waals surface area contributed by atoms with E-state index in [4.69, 9.17) is 0 Å². The topological polar surface area (TPSA) is 70.2 Å². The van der Waals surface area contributed by atoms with Gasteiger partial charge in [-0.25, -0.2) is 10.2 Å². The molecule has 0 unspecified atom stereocenters. The Hall–Kier alpha value is -1.56. The average Bonchev–Trinajstić information content (AvgIpc) is 2.18. The number of carbonyl (C=O) groups is 2. The summed E-state index contributed by atoms with van der Waals surface area (Å²) in [4.78, 5) is 20.8. The van der Waals surface area contributed by atoms with Crippen molar-refractivity contribution in [2.24, 2.45) is 0 Å². The fourth-order valence-corrected chi connectivity index (χ4v) is 1.05. The Morgan fingerprint density at radius 2 is 1.93 bits per heavy atom. The maximum Gasteiger partial charge on any atom is 0.337 e. The summed E-state index contributed by atoms with van der Waals surface area (Å²) in [5.74, 6) is 0. The molecular formula is C8H8BrN3O2. The number of carbonyl (C=O) groups excluding carboxylic acids is 2. The Morgan fingerprint density at radius 1 is 1.29 bits per heavy atom. The van der Waals surface area contributed by atoms with Crippen LogP contribution in [0.5, 0.6) is 0 Å². The van der Waals surface area contributed by atoms with Crippen LogP contribution in [0.25, 0.3) is 0 Å². The summed E-state index contributed by atoms with van der Waals surface area (Å²) >= 11 is 3.27. The van der Waals surface area contributed by atoms with Crippen molar-refractivity contribution in [1.29, 1.82) is 0 Å². The molecule has 1 aromatic rings. The molecule has 5 nitrogen and oxygen atoms in total. The summed E-state index contributed by atoms with van der Waals surface area (Å²) in [6, 6.07) is 6.54. The second kappa shape index (κ2) is 5.23. The highest BCUT2D eigenvalue weighted by Gasteiger charge is 1.98. The van der Waals surface area contributed by atoms with E-state index in [2.05, 4.69) is 26.7 Å². The van der Waals surface area contributed by atoms with E-state index in [0.29, 0.717) is 12.1 Å². The highest BCUT2D eigenvalue weighted by molar-refractivity contribution is 9.10. The van der Waals surface area contributed by atoms with Crippen LogP contribution in [-0.4, -0.2) is 12.4 Å². The van der Waals surface area contributed by atoms with Gasteiger partial charge in [0.05, 0.1) is 0 Å². The van der Waals surface area contributed by atoms with Gasteiger partial charge in [-0.1, -0.05) is 15.9 Å². The first kappa shape index (κ1) is 10.5. The number of hydrogen-bond donors (Lipinski definition) is 3. The van der Waals surface area contributed by atoms with E-state index in [1.807, 2.05) is 5.43 Å². The Kier molecular flexibility index (Phi) is 3.93. The predicted octanol–water partition coefficient (Wildman–Crippen LogP) is 1.23. The van der Waals surface area contributed by atoms with Gasteiger partial charge in [0.1, 0.15) is 0 Å². The lowest BCUT2D eigenvalue weighted by Crippen LogP contribution is -2.39. The van der Waals surface area contributed by atoms with Gasteiger partial charge in [-0.2, -0.15) is 0 Å². The quantitative estimate of drug-likeness (QED) is 0.563. The molecule has 1 aromatic carbocycles.